The number of carbonyl (C=O) groups excluding carboxylic acids is 1. The number of pyridine rings is 1. The molecule has 0 aromatic carbocycles. The van der Waals surface area contributed by atoms with Crippen molar-refractivity contribution in [3.63, 3.8) is 0 Å². The third-order valence-electron chi connectivity index (χ3n) is 3.37. The predicted octanol–water partition coefficient (Wildman–Crippen LogP) is 3.63. The van der Waals surface area contributed by atoms with Crippen molar-refractivity contribution in [2.45, 2.75) is 45.6 Å². The van der Waals surface area contributed by atoms with E-state index in [1.807, 2.05) is 0 Å². The Labute approximate surface area is 135 Å². The Hall–Kier alpha value is -2.55. The Morgan fingerprint density at radius 2 is 1.91 bits per heavy atom. The Balaban J connectivity index is 2.68. The van der Waals surface area contributed by atoms with Crippen molar-refractivity contribution in [3.8, 4) is 11.9 Å². The summed E-state index contributed by atoms with van der Waals surface area (Å²) >= 11 is 0. The summed E-state index contributed by atoms with van der Waals surface area (Å²) in [5.41, 5.74) is 0.378. The lowest BCUT2D eigenvalue weighted by Gasteiger charge is -2.19. The van der Waals surface area contributed by atoms with E-state index in [0.29, 0.717) is 22.5 Å². The van der Waals surface area contributed by atoms with Crippen molar-refractivity contribution in [3.05, 3.63) is 23.9 Å². The molecule has 0 aliphatic carbocycles. The molecule has 0 saturated heterocycles. The Morgan fingerprint density at radius 3 is 2.43 bits per heavy atom. The van der Waals surface area contributed by atoms with E-state index in [0.717, 1.165) is 0 Å². The van der Waals surface area contributed by atoms with Crippen LogP contribution in [0.4, 0.5) is 4.79 Å². The topological polar surface area (TPSA) is 77.1 Å². The number of fused-ring (bicyclic) bond motifs is 1. The second-order valence-electron chi connectivity index (χ2n) is 6.85. The summed E-state index contributed by atoms with van der Waals surface area (Å²) in [4.78, 5) is 16.9. The summed E-state index contributed by atoms with van der Waals surface area (Å²) in [6, 6.07) is 5.65. The molecule has 0 aliphatic rings. The van der Waals surface area contributed by atoms with Gasteiger partial charge in [0.25, 0.3) is 0 Å². The maximum Gasteiger partial charge on any atom is 0.419 e. The molecule has 0 bridgehead atoms. The normalized spacial score (nSPS) is 12.0. The van der Waals surface area contributed by atoms with Crippen molar-refractivity contribution < 1.29 is 14.3 Å². The zero-order valence-corrected chi connectivity index (χ0v) is 14.3. The standard InChI is InChI=1S/C17H21N3O3/c1-16(2,3)23-15(21)20-9-11(17(4,5)10-18)14-12(20)7-8-13(19-14)22-6/h7-9H,1-6H3. The number of methoxy groups -OCH3 is 1. The molecule has 2 heterocycles. The van der Waals surface area contributed by atoms with Crippen molar-refractivity contribution in [1.82, 2.24) is 9.55 Å². The lowest BCUT2D eigenvalue weighted by Crippen LogP contribution is -2.26. The average molecular weight is 315 g/mol. The lowest BCUT2D eigenvalue weighted by atomic mass is 9.87. The quantitative estimate of drug-likeness (QED) is 0.845. The van der Waals surface area contributed by atoms with Gasteiger partial charge in [-0.1, -0.05) is 0 Å². The maximum absolute atomic E-state index is 12.5. The zero-order chi connectivity index (χ0) is 17.4. The number of ether oxygens (including phenoxy) is 2. The summed E-state index contributed by atoms with van der Waals surface area (Å²) in [5.74, 6) is 0.425. The largest absolute Gasteiger partial charge is 0.481 e. The fourth-order valence-corrected chi connectivity index (χ4v) is 2.18. The van der Waals surface area contributed by atoms with Crippen LogP contribution in [0.3, 0.4) is 0 Å². The monoisotopic (exact) mass is 315 g/mol. The van der Waals surface area contributed by atoms with Gasteiger partial charge in [-0.05, 0) is 40.7 Å². The number of hydrogen-bond acceptors (Lipinski definition) is 5. The molecule has 0 atom stereocenters. The Kier molecular flexibility index (Phi) is 4.08. The van der Waals surface area contributed by atoms with Gasteiger partial charge >= 0.3 is 6.09 Å². The van der Waals surface area contributed by atoms with Gasteiger partial charge in [-0.3, -0.25) is 4.57 Å². The molecule has 122 valence electrons. The molecule has 6 nitrogen and oxygen atoms in total. The highest BCUT2D eigenvalue weighted by Gasteiger charge is 2.29. The molecule has 0 aliphatic heterocycles. The van der Waals surface area contributed by atoms with Gasteiger partial charge < -0.3 is 9.47 Å². The van der Waals surface area contributed by atoms with Crippen LogP contribution in [0, 0.1) is 11.3 Å². The SMILES string of the molecule is COc1ccc2c(n1)c(C(C)(C)C#N)cn2C(=O)OC(C)(C)C. The van der Waals surface area contributed by atoms with Crippen LogP contribution in [0.15, 0.2) is 18.3 Å². The highest BCUT2D eigenvalue weighted by molar-refractivity contribution is 5.91. The zero-order valence-electron chi connectivity index (χ0n) is 14.3. The molecule has 0 unspecified atom stereocenters. The molecule has 2 rings (SSSR count). The highest BCUT2D eigenvalue weighted by Crippen LogP contribution is 2.32. The van der Waals surface area contributed by atoms with E-state index in [1.165, 1.54) is 11.7 Å². The number of carbonyl (C=O) groups is 1. The Bertz CT molecular complexity index is 792. The van der Waals surface area contributed by atoms with E-state index >= 15 is 0 Å². The van der Waals surface area contributed by atoms with Crippen LogP contribution in [0.5, 0.6) is 5.88 Å². The molecule has 0 saturated carbocycles. The first-order valence-corrected chi connectivity index (χ1v) is 7.30. The molecule has 0 radical (unpaired) electrons. The third-order valence-corrected chi connectivity index (χ3v) is 3.37. The minimum absolute atomic E-state index is 0.425. The van der Waals surface area contributed by atoms with E-state index in [4.69, 9.17) is 9.47 Å². The smallest absolute Gasteiger partial charge is 0.419 e. The molecule has 6 heteroatoms. The fourth-order valence-electron chi connectivity index (χ4n) is 2.18. The summed E-state index contributed by atoms with van der Waals surface area (Å²) < 4.78 is 12.0. The molecule has 2 aromatic heterocycles. The number of rotatable bonds is 2. The van der Waals surface area contributed by atoms with Gasteiger partial charge in [0.2, 0.25) is 5.88 Å². The molecule has 0 fully saturated rings. The van der Waals surface area contributed by atoms with Crippen molar-refractivity contribution in [2.24, 2.45) is 0 Å². The van der Waals surface area contributed by atoms with E-state index < -0.39 is 17.1 Å². The van der Waals surface area contributed by atoms with Crippen LogP contribution >= 0.6 is 0 Å². The summed E-state index contributed by atoms with van der Waals surface area (Å²) in [5, 5.41) is 9.43. The highest BCUT2D eigenvalue weighted by atomic mass is 16.6. The molecule has 0 N–H and O–H groups in total. The third kappa shape index (κ3) is 3.29. The van der Waals surface area contributed by atoms with Gasteiger partial charge in [-0.2, -0.15) is 5.26 Å². The number of aromatic nitrogens is 2. The predicted molar refractivity (Wildman–Crippen MR) is 86.6 cm³/mol. The first-order valence-electron chi connectivity index (χ1n) is 7.30. The first kappa shape index (κ1) is 16.8. The molecular weight excluding hydrogens is 294 g/mol. The van der Waals surface area contributed by atoms with Gasteiger partial charge in [-0.25, -0.2) is 9.78 Å². The lowest BCUT2D eigenvalue weighted by molar-refractivity contribution is 0.0544. The minimum Gasteiger partial charge on any atom is -0.481 e. The summed E-state index contributed by atoms with van der Waals surface area (Å²) in [7, 11) is 1.52. The second-order valence-corrected chi connectivity index (χ2v) is 6.85. The molecular formula is C17H21N3O3. The van der Waals surface area contributed by atoms with Crippen LogP contribution in [0.2, 0.25) is 0 Å². The maximum atomic E-state index is 12.5. The van der Waals surface area contributed by atoms with Crippen LogP contribution in [0.1, 0.15) is 40.2 Å². The van der Waals surface area contributed by atoms with Crippen molar-refractivity contribution in [2.75, 3.05) is 7.11 Å². The fraction of sp³-hybridized carbons (Fsp3) is 0.471. The van der Waals surface area contributed by atoms with Gasteiger partial charge in [0.15, 0.2) is 0 Å². The van der Waals surface area contributed by atoms with E-state index in [2.05, 4.69) is 11.1 Å². The molecule has 0 amide bonds. The number of nitrogens with zero attached hydrogens (tertiary/aromatic N) is 3. The Morgan fingerprint density at radius 1 is 1.26 bits per heavy atom. The molecule has 0 spiro atoms. The van der Waals surface area contributed by atoms with Crippen LogP contribution in [-0.4, -0.2) is 28.4 Å². The van der Waals surface area contributed by atoms with Crippen LogP contribution in [-0.2, 0) is 10.2 Å². The number of nitriles is 1. The van der Waals surface area contributed by atoms with Gasteiger partial charge in [-0.15, -0.1) is 0 Å². The average Bonchev–Trinajstić information content (AvgIpc) is 2.84. The van der Waals surface area contributed by atoms with E-state index in [1.54, 1.807) is 52.9 Å². The van der Waals surface area contributed by atoms with E-state index in [-0.39, 0.29) is 0 Å². The minimum atomic E-state index is -0.801. The van der Waals surface area contributed by atoms with Crippen LogP contribution < -0.4 is 4.74 Å². The van der Waals surface area contributed by atoms with Gasteiger partial charge in [0.05, 0.1) is 29.6 Å². The van der Waals surface area contributed by atoms with Crippen LogP contribution in [0.25, 0.3) is 11.0 Å². The second kappa shape index (κ2) is 5.58. The van der Waals surface area contributed by atoms with Gasteiger partial charge in [0.1, 0.15) is 5.60 Å². The van der Waals surface area contributed by atoms with Crippen molar-refractivity contribution in [1.29, 1.82) is 5.26 Å². The van der Waals surface area contributed by atoms with E-state index in [9.17, 15) is 10.1 Å². The number of hydrogen-bond donors (Lipinski definition) is 0. The molecule has 23 heavy (non-hydrogen) atoms. The van der Waals surface area contributed by atoms with Crippen molar-refractivity contribution >= 4 is 17.1 Å². The summed E-state index contributed by atoms with van der Waals surface area (Å²) in [6.07, 6.45) is 1.11. The summed E-state index contributed by atoms with van der Waals surface area (Å²) in [6.45, 7) is 8.97. The molecule has 2 aromatic rings. The van der Waals surface area contributed by atoms with Gasteiger partial charge in [0, 0.05) is 17.8 Å². The first-order chi connectivity index (χ1) is 10.6.